The lowest BCUT2D eigenvalue weighted by Crippen LogP contribution is -2.56. The minimum Gasteiger partial charge on any atom is -0.469 e. The maximum atomic E-state index is 13.6. The Bertz CT molecular complexity index is 1080. The van der Waals surface area contributed by atoms with Gasteiger partial charge in [-0.25, -0.2) is 4.79 Å². The summed E-state index contributed by atoms with van der Waals surface area (Å²) >= 11 is 0. The summed E-state index contributed by atoms with van der Waals surface area (Å²) in [5.74, 6) is 6.33. The van der Waals surface area contributed by atoms with Crippen molar-refractivity contribution in [3.05, 3.63) is 60.1 Å². The number of urea groups is 1. The molecule has 4 rings (SSSR count). The van der Waals surface area contributed by atoms with Gasteiger partial charge in [-0.05, 0) is 62.6 Å². The second kappa shape index (κ2) is 11.3. The number of carbonyl (C=O) groups excluding carboxylic acids is 3. The van der Waals surface area contributed by atoms with Crippen molar-refractivity contribution in [2.75, 3.05) is 19.6 Å². The van der Waals surface area contributed by atoms with Crippen LogP contribution in [0.5, 0.6) is 0 Å². The molecule has 1 unspecified atom stereocenters. The van der Waals surface area contributed by atoms with Gasteiger partial charge in [0.1, 0.15) is 11.3 Å². The Kier molecular flexibility index (Phi) is 7.91. The van der Waals surface area contributed by atoms with Gasteiger partial charge in [0.15, 0.2) is 0 Å². The quantitative estimate of drug-likeness (QED) is 0.442. The second-order valence-corrected chi connectivity index (χ2v) is 9.29. The highest BCUT2D eigenvalue weighted by Gasteiger charge is 2.55. The number of nitrogens with one attached hydrogen (secondary N) is 1. The number of amides is 4. The van der Waals surface area contributed by atoms with Gasteiger partial charge in [-0.2, -0.15) is 0 Å². The highest BCUT2D eigenvalue weighted by atomic mass is 16.3. The standard InChI is InChI=1S/C28H33N3O4/c1-2-3-18-31-26(33)28(29-27(31)34,17-7-11-22-9-5-4-6-10-22)23-15-19-30(20-16-23)25(32)14-13-24-12-8-21-35-24/h4-6,8-10,12,21,23H,7,11,13-20H2,1H3,(H,29,34). The molecule has 7 heteroatoms. The first-order valence-electron chi connectivity index (χ1n) is 12.4. The van der Waals surface area contributed by atoms with Crippen molar-refractivity contribution in [1.29, 1.82) is 0 Å². The molecule has 4 amide bonds. The molecule has 0 saturated carbocycles. The van der Waals surface area contributed by atoms with Crippen LogP contribution in [-0.4, -0.2) is 52.8 Å². The summed E-state index contributed by atoms with van der Waals surface area (Å²) in [6.45, 7) is 2.97. The second-order valence-electron chi connectivity index (χ2n) is 9.29. The Balaban J connectivity index is 1.42. The fraction of sp³-hybridized carbons (Fsp3) is 0.464. The van der Waals surface area contributed by atoms with Crippen molar-refractivity contribution in [2.24, 2.45) is 5.92 Å². The molecule has 0 bridgehead atoms. The first kappa shape index (κ1) is 24.6. The number of likely N-dealkylation sites (tertiary alicyclic amines) is 1. The Morgan fingerprint density at radius 1 is 1.11 bits per heavy atom. The third kappa shape index (κ3) is 5.59. The van der Waals surface area contributed by atoms with Crippen LogP contribution in [0.25, 0.3) is 0 Å². The molecule has 0 spiro atoms. The molecule has 2 fully saturated rings. The SMILES string of the molecule is CC#CCN1C(=O)NC(CCCc2ccccc2)(C2CCN(C(=O)CCc3ccco3)CC2)C1=O. The molecule has 1 aromatic heterocycles. The molecular weight excluding hydrogens is 442 g/mol. The van der Waals surface area contributed by atoms with Crippen LogP contribution >= 0.6 is 0 Å². The lowest BCUT2D eigenvalue weighted by Gasteiger charge is -2.41. The van der Waals surface area contributed by atoms with E-state index in [1.54, 1.807) is 13.2 Å². The molecule has 184 valence electrons. The minimum absolute atomic E-state index is 0.0246. The smallest absolute Gasteiger partial charge is 0.325 e. The van der Waals surface area contributed by atoms with Crippen molar-refractivity contribution in [3.63, 3.8) is 0 Å². The van der Waals surface area contributed by atoms with Crippen LogP contribution in [0, 0.1) is 17.8 Å². The molecule has 3 heterocycles. The van der Waals surface area contributed by atoms with Crippen LogP contribution in [0.2, 0.25) is 0 Å². The number of imide groups is 1. The Hall–Kier alpha value is -3.53. The van der Waals surface area contributed by atoms with E-state index in [1.807, 2.05) is 35.2 Å². The predicted molar refractivity (Wildman–Crippen MR) is 132 cm³/mol. The first-order chi connectivity index (χ1) is 17.0. The zero-order chi connectivity index (χ0) is 24.7. The third-order valence-electron chi connectivity index (χ3n) is 7.21. The lowest BCUT2D eigenvalue weighted by atomic mass is 9.74. The van der Waals surface area contributed by atoms with Gasteiger partial charge in [0.2, 0.25) is 5.91 Å². The maximum Gasteiger partial charge on any atom is 0.325 e. The average molecular weight is 476 g/mol. The Morgan fingerprint density at radius 3 is 2.57 bits per heavy atom. The van der Waals surface area contributed by atoms with Gasteiger partial charge in [0.05, 0.1) is 12.8 Å². The fourth-order valence-corrected chi connectivity index (χ4v) is 5.28. The number of hydrogen-bond donors (Lipinski definition) is 1. The topological polar surface area (TPSA) is 82.9 Å². The number of furan rings is 1. The van der Waals surface area contributed by atoms with Crippen LogP contribution in [0.15, 0.2) is 53.1 Å². The minimum atomic E-state index is -0.940. The number of nitrogens with zero attached hydrogens (tertiary/aromatic N) is 2. The maximum absolute atomic E-state index is 13.6. The number of benzene rings is 1. The lowest BCUT2D eigenvalue weighted by molar-refractivity contribution is -0.136. The van der Waals surface area contributed by atoms with E-state index in [0.29, 0.717) is 45.2 Å². The molecule has 0 aliphatic carbocycles. The van der Waals surface area contributed by atoms with E-state index in [9.17, 15) is 14.4 Å². The summed E-state index contributed by atoms with van der Waals surface area (Å²) in [5, 5.41) is 3.07. The van der Waals surface area contributed by atoms with E-state index < -0.39 is 5.54 Å². The summed E-state index contributed by atoms with van der Waals surface area (Å²) in [4.78, 5) is 42.3. The molecule has 0 radical (unpaired) electrons. The summed E-state index contributed by atoms with van der Waals surface area (Å²) < 4.78 is 5.34. The van der Waals surface area contributed by atoms with Crippen molar-refractivity contribution in [1.82, 2.24) is 15.1 Å². The molecule has 2 aromatic rings. The van der Waals surface area contributed by atoms with Crippen molar-refractivity contribution < 1.29 is 18.8 Å². The molecular formula is C28H33N3O4. The van der Waals surface area contributed by atoms with Gasteiger partial charge in [-0.15, -0.1) is 5.92 Å². The van der Waals surface area contributed by atoms with Gasteiger partial charge in [-0.3, -0.25) is 14.5 Å². The molecule has 1 atom stereocenters. The van der Waals surface area contributed by atoms with Gasteiger partial charge in [0.25, 0.3) is 5.91 Å². The van der Waals surface area contributed by atoms with Crippen molar-refractivity contribution >= 4 is 17.8 Å². The summed E-state index contributed by atoms with van der Waals surface area (Å²) in [6.07, 6.45) is 6.14. The molecule has 2 aliphatic heterocycles. The summed E-state index contributed by atoms with van der Waals surface area (Å²) in [7, 11) is 0. The van der Waals surface area contributed by atoms with Gasteiger partial charge in [0, 0.05) is 25.9 Å². The summed E-state index contributed by atoms with van der Waals surface area (Å²) in [5.41, 5.74) is 0.273. The fourth-order valence-electron chi connectivity index (χ4n) is 5.28. The van der Waals surface area contributed by atoms with Gasteiger partial charge < -0.3 is 14.6 Å². The molecule has 2 aliphatic rings. The zero-order valence-corrected chi connectivity index (χ0v) is 20.3. The molecule has 1 aromatic carbocycles. The van der Waals surface area contributed by atoms with Crippen molar-refractivity contribution in [3.8, 4) is 11.8 Å². The molecule has 7 nitrogen and oxygen atoms in total. The number of carbonyl (C=O) groups is 3. The van der Waals surface area contributed by atoms with Crippen LogP contribution in [0.4, 0.5) is 4.79 Å². The van der Waals surface area contributed by atoms with E-state index in [1.165, 1.54) is 10.5 Å². The average Bonchev–Trinajstić information content (AvgIpc) is 3.49. The largest absolute Gasteiger partial charge is 0.469 e. The molecule has 35 heavy (non-hydrogen) atoms. The van der Waals surface area contributed by atoms with Gasteiger partial charge in [-0.1, -0.05) is 36.3 Å². The monoisotopic (exact) mass is 475 g/mol. The highest BCUT2D eigenvalue weighted by Crippen LogP contribution is 2.37. The normalized spacial score (nSPS) is 20.5. The van der Waals surface area contributed by atoms with Crippen LogP contribution < -0.4 is 5.32 Å². The predicted octanol–water partition coefficient (Wildman–Crippen LogP) is 3.79. The van der Waals surface area contributed by atoms with Crippen LogP contribution in [0.3, 0.4) is 0 Å². The van der Waals surface area contributed by atoms with Crippen LogP contribution in [0.1, 0.15) is 50.4 Å². The van der Waals surface area contributed by atoms with E-state index in [0.717, 1.165) is 18.6 Å². The Labute approximate surface area is 206 Å². The first-order valence-corrected chi connectivity index (χ1v) is 12.4. The van der Waals surface area contributed by atoms with E-state index in [2.05, 4.69) is 29.3 Å². The van der Waals surface area contributed by atoms with E-state index in [4.69, 9.17) is 4.42 Å². The zero-order valence-electron chi connectivity index (χ0n) is 20.3. The van der Waals surface area contributed by atoms with E-state index >= 15 is 0 Å². The number of piperidine rings is 1. The number of rotatable bonds is 9. The third-order valence-corrected chi connectivity index (χ3v) is 7.21. The summed E-state index contributed by atoms with van der Waals surface area (Å²) in [6, 6.07) is 13.5. The highest BCUT2D eigenvalue weighted by molar-refractivity contribution is 6.07. The molecule has 2 saturated heterocycles. The van der Waals surface area contributed by atoms with E-state index in [-0.39, 0.29) is 30.3 Å². The number of aryl methyl sites for hydroxylation is 2. The van der Waals surface area contributed by atoms with Crippen molar-refractivity contribution in [2.45, 2.75) is 57.4 Å². The van der Waals surface area contributed by atoms with Gasteiger partial charge >= 0.3 is 6.03 Å². The number of hydrogen-bond acceptors (Lipinski definition) is 4. The Morgan fingerprint density at radius 2 is 1.89 bits per heavy atom. The van der Waals surface area contributed by atoms with Crippen LogP contribution in [-0.2, 0) is 22.4 Å². The molecule has 1 N–H and O–H groups in total.